The monoisotopic (exact) mass is 502 g/mol. The molecule has 3 aliphatic rings. The number of hydrogen-bond acceptors (Lipinski definition) is 4. The first-order valence-electron chi connectivity index (χ1n) is 13.7. The smallest absolute Gasteiger partial charge is 0.410 e. The van der Waals surface area contributed by atoms with Crippen LogP contribution in [0.3, 0.4) is 0 Å². The molecule has 0 N–H and O–H groups in total. The number of benzene rings is 3. The van der Waals surface area contributed by atoms with E-state index in [1.165, 1.54) is 22.3 Å². The molecular formula is C33H30N2O3. The lowest BCUT2D eigenvalue weighted by atomic mass is 9.75. The van der Waals surface area contributed by atoms with E-state index in [9.17, 15) is 9.59 Å². The van der Waals surface area contributed by atoms with E-state index in [1.54, 1.807) is 12.4 Å². The maximum absolute atomic E-state index is 13.7. The summed E-state index contributed by atoms with van der Waals surface area (Å²) in [4.78, 5) is 33.4. The van der Waals surface area contributed by atoms with Gasteiger partial charge < -0.3 is 9.64 Å². The lowest BCUT2D eigenvalue weighted by molar-refractivity contribution is 0.00654. The molecule has 2 unspecified atom stereocenters. The second kappa shape index (κ2) is 9.39. The minimum atomic E-state index is -0.233. The van der Waals surface area contributed by atoms with Gasteiger partial charge in [-0.25, -0.2) is 4.79 Å². The summed E-state index contributed by atoms with van der Waals surface area (Å²) in [6.45, 7) is 0.329. The van der Waals surface area contributed by atoms with E-state index in [0.29, 0.717) is 19.4 Å². The molecule has 2 saturated heterocycles. The zero-order valence-electron chi connectivity index (χ0n) is 21.3. The number of hydrogen-bond donors (Lipinski definition) is 0. The average Bonchev–Trinajstić information content (AvgIpc) is 3.28. The first-order valence-corrected chi connectivity index (χ1v) is 13.7. The van der Waals surface area contributed by atoms with Gasteiger partial charge in [0.25, 0.3) is 0 Å². The fourth-order valence-corrected chi connectivity index (χ4v) is 7.12. The molecule has 5 heteroatoms. The number of carbonyl (C=O) groups is 2. The van der Waals surface area contributed by atoms with Gasteiger partial charge in [0.05, 0.1) is 0 Å². The predicted octanol–water partition coefficient (Wildman–Crippen LogP) is 7.00. The summed E-state index contributed by atoms with van der Waals surface area (Å²) in [6.07, 6.45) is 7.64. The molecule has 1 aliphatic carbocycles. The zero-order chi connectivity index (χ0) is 25.6. The van der Waals surface area contributed by atoms with E-state index >= 15 is 0 Å². The van der Waals surface area contributed by atoms with Crippen molar-refractivity contribution in [2.45, 2.75) is 50.1 Å². The van der Waals surface area contributed by atoms with Crippen molar-refractivity contribution in [2.24, 2.45) is 5.92 Å². The van der Waals surface area contributed by atoms with E-state index in [0.717, 1.165) is 35.6 Å². The number of Topliss-reactive ketones (excluding diaryl/α,β-unsaturated/α-hetero) is 1. The van der Waals surface area contributed by atoms with Crippen LogP contribution in [-0.4, -0.2) is 40.5 Å². The summed E-state index contributed by atoms with van der Waals surface area (Å²) >= 11 is 0. The molecule has 0 saturated carbocycles. The number of nitrogens with zero attached hydrogens (tertiary/aromatic N) is 2. The molecule has 1 aromatic heterocycles. The summed E-state index contributed by atoms with van der Waals surface area (Å²) in [6, 6.07) is 24.7. The van der Waals surface area contributed by atoms with Gasteiger partial charge >= 0.3 is 6.09 Å². The van der Waals surface area contributed by atoms with Gasteiger partial charge in [-0.15, -0.1) is 0 Å². The normalized spacial score (nSPS) is 22.1. The number of ketones is 1. The first-order chi connectivity index (χ1) is 18.7. The van der Waals surface area contributed by atoms with Gasteiger partial charge in [-0.3, -0.25) is 9.78 Å². The van der Waals surface area contributed by atoms with Crippen molar-refractivity contribution in [1.82, 2.24) is 9.88 Å². The Hall–Kier alpha value is -3.99. The number of ether oxygens (including phenoxy) is 1. The van der Waals surface area contributed by atoms with Gasteiger partial charge in [-0.05, 0) is 65.8 Å². The minimum Gasteiger partial charge on any atom is -0.448 e. The van der Waals surface area contributed by atoms with Crippen molar-refractivity contribution in [2.75, 3.05) is 6.61 Å². The Morgan fingerprint density at radius 2 is 1.53 bits per heavy atom. The molecule has 190 valence electrons. The van der Waals surface area contributed by atoms with Crippen LogP contribution < -0.4 is 0 Å². The molecule has 0 radical (unpaired) electrons. The highest BCUT2D eigenvalue weighted by Gasteiger charge is 2.44. The van der Waals surface area contributed by atoms with Gasteiger partial charge in [0.1, 0.15) is 6.61 Å². The third kappa shape index (κ3) is 3.80. The Kier molecular flexibility index (Phi) is 5.72. The minimum absolute atomic E-state index is 0.0451. The Bertz CT molecular complexity index is 1480. The number of pyridine rings is 1. The second-order valence-electron chi connectivity index (χ2n) is 10.9. The summed E-state index contributed by atoms with van der Waals surface area (Å²) in [7, 11) is 0. The molecule has 3 aromatic carbocycles. The average molecular weight is 503 g/mol. The summed E-state index contributed by atoms with van der Waals surface area (Å²) in [5.41, 5.74) is 5.66. The number of carbonyl (C=O) groups excluding carboxylic acids is 2. The number of fused-ring (bicyclic) bond motifs is 6. The summed E-state index contributed by atoms with van der Waals surface area (Å²) in [5, 5.41) is 1.94. The third-order valence-corrected chi connectivity index (χ3v) is 8.84. The topological polar surface area (TPSA) is 59.5 Å². The Morgan fingerprint density at radius 1 is 0.842 bits per heavy atom. The van der Waals surface area contributed by atoms with Gasteiger partial charge in [0.15, 0.2) is 5.78 Å². The molecular weight excluding hydrogens is 472 g/mol. The van der Waals surface area contributed by atoms with E-state index < -0.39 is 0 Å². The molecule has 4 aromatic rings. The highest BCUT2D eigenvalue weighted by Crippen LogP contribution is 2.45. The van der Waals surface area contributed by atoms with Crippen molar-refractivity contribution in [3.63, 3.8) is 0 Å². The molecule has 38 heavy (non-hydrogen) atoms. The molecule has 0 spiro atoms. The summed E-state index contributed by atoms with van der Waals surface area (Å²) in [5.74, 6) is 0.152. The number of piperidine rings is 2. The van der Waals surface area contributed by atoms with E-state index in [1.807, 2.05) is 29.2 Å². The molecule has 2 aliphatic heterocycles. The van der Waals surface area contributed by atoms with Crippen LogP contribution >= 0.6 is 0 Å². The number of aromatic nitrogens is 1. The van der Waals surface area contributed by atoms with Crippen molar-refractivity contribution >= 4 is 22.6 Å². The highest BCUT2D eigenvalue weighted by molar-refractivity contribution is 6.09. The van der Waals surface area contributed by atoms with Crippen LogP contribution in [0.4, 0.5) is 4.79 Å². The fourth-order valence-electron chi connectivity index (χ4n) is 7.12. The largest absolute Gasteiger partial charge is 0.448 e. The third-order valence-electron chi connectivity index (χ3n) is 8.84. The maximum atomic E-state index is 13.7. The standard InChI is InChI=1S/C33H30N2O3/c36-32(30-14-5-7-21-19-34-16-15-25(21)30)22-17-23-8-6-9-24(18-22)35(23)33(37)38-20-31-28-12-3-1-10-26(28)27-11-2-4-13-29(27)31/h1-5,7,10-16,19,22-24,31H,6,8-9,17-18,20H2. The Morgan fingerprint density at radius 3 is 2.24 bits per heavy atom. The second-order valence-corrected chi connectivity index (χ2v) is 10.9. The van der Waals surface area contributed by atoms with Crippen molar-refractivity contribution in [3.8, 4) is 11.1 Å². The fraction of sp³-hybridized carbons (Fsp3) is 0.303. The van der Waals surface area contributed by atoms with E-state index in [-0.39, 0.29) is 35.8 Å². The number of rotatable bonds is 4. The first kappa shape index (κ1) is 23.2. The van der Waals surface area contributed by atoms with Crippen LogP contribution in [0.5, 0.6) is 0 Å². The molecule has 7 rings (SSSR count). The molecule has 3 heterocycles. The SMILES string of the molecule is O=C(c1cccc2cnccc12)C1CC2CCCC(C1)N2C(=O)OCC1c2ccccc2-c2ccccc21. The molecule has 1 amide bonds. The highest BCUT2D eigenvalue weighted by atomic mass is 16.6. The lowest BCUT2D eigenvalue weighted by Crippen LogP contribution is -2.55. The van der Waals surface area contributed by atoms with E-state index in [2.05, 4.69) is 53.5 Å². The van der Waals surface area contributed by atoms with Crippen LogP contribution in [0, 0.1) is 5.92 Å². The lowest BCUT2D eigenvalue weighted by Gasteiger charge is -2.47. The van der Waals surface area contributed by atoms with Crippen LogP contribution in [-0.2, 0) is 4.74 Å². The van der Waals surface area contributed by atoms with Crippen LogP contribution in [0.25, 0.3) is 21.9 Å². The molecule has 2 bridgehead atoms. The molecule has 2 atom stereocenters. The zero-order valence-corrected chi connectivity index (χ0v) is 21.3. The van der Waals surface area contributed by atoms with Crippen molar-refractivity contribution in [1.29, 1.82) is 0 Å². The van der Waals surface area contributed by atoms with E-state index in [4.69, 9.17) is 4.74 Å². The Labute approximate surface area is 222 Å². The van der Waals surface area contributed by atoms with Crippen LogP contribution in [0.1, 0.15) is 59.5 Å². The van der Waals surface area contributed by atoms with Crippen molar-refractivity contribution in [3.05, 3.63) is 102 Å². The van der Waals surface area contributed by atoms with Crippen molar-refractivity contribution < 1.29 is 14.3 Å². The van der Waals surface area contributed by atoms with Gasteiger partial charge in [0, 0.05) is 47.3 Å². The Balaban J connectivity index is 1.08. The van der Waals surface area contributed by atoms with Gasteiger partial charge in [-0.2, -0.15) is 0 Å². The van der Waals surface area contributed by atoms with Gasteiger partial charge in [0.2, 0.25) is 0 Å². The van der Waals surface area contributed by atoms with Gasteiger partial charge in [-0.1, -0.05) is 66.7 Å². The quantitative estimate of drug-likeness (QED) is 0.282. The van der Waals surface area contributed by atoms with Crippen LogP contribution in [0.15, 0.2) is 85.2 Å². The molecule has 5 nitrogen and oxygen atoms in total. The maximum Gasteiger partial charge on any atom is 0.410 e. The summed E-state index contributed by atoms with van der Waals surface area (Å²) < 4.78 is 6.05. The molecule has 2 fully saturated rings. The van der Waals surface area contributed by atoms with Crippen LogP contribution in [0.2, 0.25) is 0 Å². The number of amides is 1. The predicted molar refractivity (Wildman–Crippen MR) is 147 cm³/mol.